The Balaban J connectivity index is 2.47. The number of nitrogens with zero attached hydrogens (tertiary/aromatic N) is 1. The molecule has 0 radical (unpaired) electrons. The molecule has 0 aliphatic carbocycles. The highest BCUT2D eigenvalue weighted by Gasteiger charge is 2.36. The maximum atomic E-state index is 13.5. The van der Waals surface area contributed by atoms with Gasteiger partial charge in [-0.2, -0.15) is 0 Å². The van der Waals surface area contributed by atoms with E-state index in [9.17, 15) is 14.7 Å². The van der Waals surface area contributed by atoms with Crippen molar-refractivity contribution in [2.24, 2.45) is 17.4 Å². The third-order valence-electron chi connectivity index (χ3n) is 5.12. The van der Waals surface area contributed by atoms with Gasteiger partial charge in [-0.15, -0.1) is 0 Å². The number of carbonyl (C=O) groups is 2. The first-order chi connectivity index (χ1) is 13.8. The van der Waals surface area contributed by atoms with Gasteiger partial charge in [0.15, 0.2) is 0 Å². The minimum absolute atomic E-state index is 0.140. The van der Waals surface area contributed by atoms with Crippen LogP contribution in [-0.2, 0) is 16.0 Å². The molecule has 5 N–H and O–H groups in total. The predicted octanol–water partition coefficient (Wildman–Crippen LogP) is 2.84. The van der Waals surface area contributed by atoms with Gasteiger partial charge >= 0.3 is 0 Å². The zero-order valence-corrected chi connectivity index (χ0v) is 16.9. The van der Waals surface area contributed by atoms with Crippen LogP contribution in [0.15, 0.2) is 55.1 Å². The fourth-order valence-electron chi connectivity index (χ4n) is 3.32. The smallest absolute Gasteiger partial charge is 0.245 e. The van der Waals surface area contributed by atoms with Gasteiger partial charge in [0, 0.05) is 0 Å². The van der Waals surface area contributed by atoms with Crippen molar-refractivity contribution in [3.8, 4) is 5.75 Å². The summed E-state index contributed by atoms with van der Waals surface area (Å²) in [6.45, 7) is 7.64. The van der Waals surface area contributed by atoms with Crippen LogP contribution in [0.2, 0.25) is 0 Å². The first-order valence-electron chi connectivity index (χ1n) is 9.67. The van der Waals surface area contributed by atoms with Gasteiger partial charge in [-0.25, -0.2) is 0 Å². The SMILES string of the molecule is C=Cc1ccccc1N(C(=O)C(N)Cc1ccc(O)cc1)C(C(N)=O)C(C)CC. The van der Waals surface area contributed by atoms with E-state index in [1.54, 1.807) is 42.5 Å². The largest absolute Gasteiger partial charge is 0.508 e. The minimum atomic E-state index is -0.886. The van der Waals surface area contributed by atoms with E-state index in [1.807, 2.05) is 26.0 Å². The number of hydrogen-bond donors (Lipinski definition) is 3. The standard InChI is InChI=1S/C23H29N3O3/c1-4-15(3)21(22(25)28)26(20-9-7-6-8-17(20)5-2)23(29)19(24)14-16-10-12-18(27)13-11-16/h5-13,15,19,21,27H,2,4,14,24H2,1,3H3,(H2,25,28). The van der Waals surface area contributed by atoms with Crippen LogP contribution in [0.3, 0.4) is 0 Å². The summed E-state index contributed by atoms with van der Waals surface area (Å²) < 4.78 is 0. The van der Waals surface area contributed by atoms with Gasteiger partial charge in [0.1, 0.15) is 11.8 Å². The van der Waals surface area contributed by atoms with Crippen LogP contribution in [-0.4, -0.2) is 29.0 Å². The van der Waals surface area contributed by atoms with Crippen LogP contribution >= 0.6 is 0 Å². The molecule has 6 nitrogen and oxygen atoms in total. The van der Waals surface area contributed by atoms with E-state index in [-0.39, 0.29) is 18.1 Å². The minimum Gasteiger partial charge on any atom is -0.508 e. The Morgan fingerprint density at radius 3 is 2.34 bits per heavy atom. The number of amides is 2. The van der Waals surface area contributed by atoms with Gasteiger partial charge in [-0.3, -0.25) is 14.5 Å². The number of phenolic OH excluding ortho intramolecular Hbond substituents is 1. The molecule has 2 aromatic carbocycles. The molecular weight excluding hydrogens is 366 g/mol. The quantitative estimate of drug-likeness (QED) is 0.606. The second-order valence-electron chi connectivity index (χ2n) is 7.18. The molecular formula is C23H29N3O3. The fourth-order valence-corrected chi connectivity index (χ4v) is 3.32. The monoisotopic (exact) mass is 395 g/mol. The lowest BCUT2D eigenvalue weighted by atomic mass is 9.94. The number of hydrogen-bond acceptors (Lipinski definition) is 4. The zero-order valence-electron chi connectivity index (χ0n) is 16.9. The molecule has 154 valence electrons. The second-order valence-corrected chi connectivity index (χ2v) is 7.18. The zero-order chi connectivity index (χ0) is 21.6. The van der Waals surface area contributed by atoms with Gasteiger partial charge in [0.25, 0.3) is 0 Å². The van der Waals surface area contributed by atoms with Crippen molar-refractivity contribution in [3.63, 3.8) is 0 Å². The van der Waals surface area contributed by atoms with Crippen LogP contribution in [0.1, 0.15) is 31.4 Å². The molecule has 3 atom stereocenters. The highest BCUT2D eigenvalue weighted by molar-refractivity contribution is 6.04. The lowest BCUT2D eigenvalue weighted by Gasteiger charge is -2.36. The van der Waals surface area contributed by atoms with E-state index < -0.39 is 23.9 Å². The molecule has 6 heteroatoms. The molecule has 0 bridgehead atoms. The molecule has 0 spiro atoms. The molecule has 2 aromatic rings. The van der Waals surface area contributed by atoms with E-state index in [4.69, 9.17) is 11.5 Å². The van der Waals surface area contributed by atoms with Crippen LogP contribution in [0.4, 0.5) is 5.69 Å². The summed E-state index contributed by atoms with van der Waals surface area (Å²) in [7, 11) is 0. The van der Waals surface area contributed by atoms with Gasteiger partial charge in [0.2, 0.25) is 11.8 Å². The van der Waals surface area contributed by atoms with Crippen LogP contribution in [0.5, 0.6) is 5.75 Å². The Labute approximate surface area is 171 Å². The number of rotatable bonds is 9. The lowest BCUT2D eigenvalue weighted by Crippen LogP contribution is -2.56. The number of anilines is 1. The van der Waals surface area contributed by atoms with E-state index in [2.05, 4.69) is 6.58 Å². The molecule has 3 unspecified atom stereocenters. The van der Waals surface area contributed by atoms with Gasteiger partial charge in [-0.05, 0) is 41.7 Å². The Kier molecular flexibility index (Phi) is 7.56. The van der Waals surface area contributed by atoms with Crippen molar-refractivity contribution in [2.75, 3.05) is 4.90 Å². The average Bonchev–Trinajstić information content (AvgIpc) is 2.72. The van der Waals surface area contributed by atoms with E-state index >= 15 is 0 Å². The molecule has 0 saturated heterocycles. The third kappa shape index (κ3) is 5.23. The second kappa shape index (κ2) is 9.89. The molecule has 0 saturated carbocycles. The van der Waals surface area contributed by atoms with Gasteiger partial charge in [-0.1, -0.05) is 63.3 Å². The summed E-state index contributed by atoms with van der Waals surface area (Å²) in [5.74, 6) is -0.990. The predicted molar refractivity (Wildman–Crippen MR) is 116 cm³/mol. The molecule has 0 aliphatic rings. The first-order valence-corrected chi connectivity index (χ1v) is 9.67. The van der Waals surface area contributed by atoms with Crippen molar-refractivity contribution in [1.29, 1.82) is 0 Å². The van der Waals surface area contributed by atoms with E-state index in [0.29, 0.717) is 17.7 Å². The van der Waals surface area contributed by atoms with Crippen molar-refractivity contribution in [1.82, 2.24) is 0 Å². The normalized spacial score (nSPS) is 13.9. The van der Waals surface area contributed by atoms with Crippen LogP contribution in [0, 0.1) is 5.92 Å². The molecule has 0 fully saturated rings. The van der Waals surface area contributed by atoms with Gasteiger partial charge in [0.05, 0.1) is 11.7 Å². The summed E-state index contributed by atoms with van der Waals surface area (Å²) >= 11 is 0. The summed E-state index contributed by atoms with van der Waals surface area (Å²) in [5.41, 5.74) is 14.1. The molecule has 0 aliphatic heterocycles. The highest BCUT2D eigenvalue weighted by atomic mass is 16.3. The maximum absolute atomic E-state index is 13.5. The average molecular weight is 396 g/mol. The number of phenols is 1. The third-order valence-corrected chi connectivity index (χ3v) is 5.12. The van der Waals surface area contributed by atoms with Crippen molar-refractivity contribution in [3.05, 3.63) is 66.2 Å². The molecule has 2 amide bonds. The topological polar surface area (TPSA) is 110 Å². The molecule has 29 heavy (non-hydrogen) atoms. The summed E-state index contributed by atoms with van der Waals surface area (Å²) in [4.78, 5) is 27.3. The molecule has 0 heterocycles. The Hall–Kier alpha value is -3.12. The number of para-hydroxylation sites is 1. The first kappa shape index (κ1) is 22.2. The van der Waals surface area contributed by atoms with Crippen molar-refractivity contribution in [2.45, 2.75) is 38.8 Å². The van der Waals surface area contributed by atoms with Gasteiger partial charge < -0.3 is 16.6 Å². The summed E-state index contributed by atoms with van der Waals surface area (Å²) in [6.07, 6.45) is 2.56. The molecule has 0 aromatic heterocycles. The van der Waals surface area contributed by atoms with Crippen molar-refractivity contribution >= 4 is 23.6 Å². The Bertz CT molecular complexity index is 864. The van der Waals surface area contributed by atoms with Crippen LogP contribution in [0.25, 0.3) is 6.08 Å². The van der Waals surface area contributed by atoms with E-state index in [1.165, 1.54) is 4.90 Å². The number of benzene rings is 2. The maximum Gasteiger partial charge on any atom is 0.245 e. The number of primary amides is 1. The Morgan fingerprint density at radius 2 is 1.79 bits per heavy atom. The highest BCUT2D eigenvalue weighted by Crippen LogP contribution is 2.28. The fraction of sp³-hybridized carbons (Fsp3) is 0.304. The van der Waals surface area contributed by atoms with E-state index in [0.717, 1.165) is 5.56 Å². The number of aromatic hydroxyl groups is 1. The summed E-state index contributed by atoms with van der Waals surface area (Å²) in [6, 6.07) is 12.0. The van der Waals surface area contributed by atoms with Crippen LogP contribution < -0.4 is 16.4 Å². The number of nitrogens with two attached hydrogens (primary N) is 2. The number of carbonyl (C=O) groups excluding carboxylic acids is 2. The summed E-state index contributed by atoms with van der Waals surface area (Å²) in [5, 5.41) is 9.45. The van der Waals surface area contributed by atoms with Crippen molar-refractivity contribution < 1.29 is 14.7 Å². The Morgan fingerprint density at radius 1 is 1.17 bits per heavy atom. The molecule has 2 rings (SSSR count). The lowest BCUT2D eigenvalue weighted by molar-refractivity contribution is -0.126.